The molecule has 0 aromatic carbocycles. The molecule has 22 heavy (non-hydrogen) atoms. The average molecular weight is 324 g/mol. The third kappa shape index (κ3) is 3.32. The number of carbonyl (C=O) groups is 2. The number of likely N-dealkylation sites (tertiary alicyclic amines) is 1. The molecule has 0 saturated carbocycles. The standard InChI is InChI=1S/C16H24N2O3S/c1-9-6-7-18(11(8-9)14(20)21)13(19)12-10(2)17-15(22-12)16(3,4)5/h9,11H,6-8H2,1-5H3,(H,20,21). The summed E-state index contributed by atoms with van der Waals surface area (Å²) >= 11 is 1.39. The van der Waals surface area contributed by atoms with Crippen molar-refractivity contribution < 1.29 is 14.7 Å². The Labute approximate surface area is 135 Å². The van der Waals surface area contributed by atoms with E-state index in [0.29, 0.717) is 29.5 Å². The van der Waals surface area contributed by atoms with Crippen molar-refractivity contribution in [1.82, 2.24) is 9.88 Å². The van der Waals surface area contributed by atoms with Crippen molar-refractivity contribution in [2.45, 2.75) is 58.9 Å². The number of piperidine rings is 1. The van der Waals surface area contributed by atoms with Gasteiger partial charge in [-0.25, -0.2) is 9.78 Å². The maximum Gasteiger partial charge on any atom is 0.326 e. The number of rotatable bonds is 2. The van der Waals surface area contributed by atoms with Gasteiger partial charge < -0.3 is 10.0 Å². The van der Waals surface area contributed by atoms with Crippen molar-refractivity contribution in [3.8, 4) is 0 Å². The molecule has 0 aliphatic carbocycles. The average Bonchev–Trinajstić information content (AvgIpc) is 2.80. The van der Waals surface area contributed by atoms with Gasteiger partial charge in [0, 0.05) is 12.0 Å². The van der Waals surface area contributed by atoms with Crippen molar-refractivity contribution in [1.29, 1.82) is 0 Å². The molecule has 2 rings (SSSR count). The van der Waals surface area contributed by atoms with Gasteiger partial charge in [0.15, 0.2) is 0 Å². The summed E-state index contributed by atoms with van der Waals surface area (Å²) in [5, 5.41) is 10.3. The SMILES string of the molecule is Cc1nc(C(C)(C)C)sc1C(=O)N1CCC(C)CC1C(=O)O. The highest BCUT2D eigenvalue weighted by atomic mass is 32.1. The molecule has 1 aliphatic rings. The monoisotopic (exact) mass is 324 g/mol. The van der Waals surface area contributed by atoms with E-state index < -0.39 is 12.0 Å². The van der Waals surface area contributed by atoms with Gasteiger partial charge >= 0.3 is 5.97 Å². The fourth-order valence-electron chi connectivity index (χ4n) is 2.66. The summed E-state index contributed by atoms with van der Waals surface area (Å²) < 4.78 is 0. The van der Waals surface area contributed by atoms with Crippen molar-refractivity contribution >= 4 is 23.2 Å². The van der Waals surface area contributed by atoms with E-state index in [0.717, 1.165) is 11.4 Å². The summed E-state index contributed by atoms with van der Waals surface area (Å²) in [6.07, 6.45) is 1.37. The molecule has 5 nitrogen and oxygen atoms in total. The van der Waals surface area contributed by atoms with Crippen LogP contribution in [0.3, 0.4) is 0 Å². The molecule has 1 fully saturated rings. The number of carboxylic acid groups (broad SMARTS) is 1. The molecule has 2 heterocycles. The van der Waals surface area contributed by atoms with E-state index in [4.69, 9.17) is 0 Å². The molecule has 0 bridgehead atoms. The summed E-state index contributed by atoms with van der Waals surface area (Å²) in [5.74, 6) is -0.777. The molecule has 1 saturated heterocycles. The fraction of sp³-hybridized carbons (Fsp3) is 0.688. The van der Waals surface area contributed by atoms with Crippen LogP contribution in [0, 0.1) is 12.8 Å². The zero-order chi connectivity index (χ0) is 16.7. The molecule has 1 aromatic heterocycles. The summed E-state index contributed by atoms with van der Waals surface area (Å²) in [7, 11) is 0. The summed E-state index contributed by atoms with van der Waals surface area (Å²) in [6, 6.07) is -0.726. The van der Waals surface area contributed by atoms with Gasteiger partial charge in [-0.05, 0) is 25.7 Å². The lowest BCUT2D eigenvalue weighted by Crippen LogP contribution is -2.49. The zero-order valence-corrected chi connectivity index (χ0v) is 14.7. The first-order chi connectivity index (χ1) is 10.1. The highest BCUT2D eigenvalue weighted by Gasteiger charge is 2.36. The lowest BCUT2D eigenvalue weighted by atomic mass is 9.92. The number of aromatic nitrogens is 1. The van der Waals surface area contributed by atoms with Gasteiger partial charge in [-0.1, -0.05) is 27.7 Å². The minimum atomic E-state index is -0.918. The summed E-state index contributed by atoms with van der Waals surface area (Å²) in [5.41, 5.74) is 0.582. The highest BCUT2D eigenvalue weighted by Crippen LogP contribution is 2.32. The van der Waals surface area contributed by atoms with E-state index in [-0.39, 0.29) is 11.3 Å². The van der Waals surface area contributed by atoms with Crippen LogP contribution in [0.15, 0.2) is 0 Å². The fourth-order valence-corrected chi connectivity index (χ4v) is 3.74. The number of aryl methyl sites for hydroxylation is 1. The number of amides is 1. The molecule has 6 heteroatoms. The Morgan fingerprint density at radius 3 is 2.50 bits per heavy atom. The minimum Gasteiger partial charge on any atom is -0.480 e. The smallest absolute Gasteiger partial charge is 0.326 e. The van der Waals surface area contributed by atoms with E-state index in [1.807, 2.05) is 13.8 Å². The molecular formula is C16H24N2O3S. The van der Waals surface area contributed by atoms with Gasteiger partial charge in [0.05, 0.1) is 10.7 Å². The quantitative estimate of drug-likeness (QED) is 0.907. The van der Waals surface area contributed by atoms with E-state index in [2.05, 4.69) is 25.8 Å². The van der Waals surface area contributed by atoms with Crippen LogP contribution < -0.4 is 0 Å². The highest BCUT2D eigenvalue weighted by molar-refractivity contribution is 7.14. The van der Waals surface area contributed by atoms with Crippen molar-refractivity contribution in [2.24, 2.45) is 5.92 Å². The third-order valence-corrected chi connectivity index (χ3v) is 5.61. The first kappa shape index (κ1) is 16.9. The first-order valence-electron chi connectivity index (χ1n) is 7.63. The maximum atomic E-state index is 12.8. The molecule has 2 atom stereocenters. The Bertz CT molecular complexity index is 589. The molecule has 0 radical (unpaired) electrons. The van der Waals surface area contributed by atoms with Crippen LogP contribution >= 0.6 is 11.3 Å². The Morgan fingerprint density at radius 1 is 1.36 bits per heavy atom. The van der Waals surface area contributed by atoms with Crippen LogP contribution in [-0.2, 0) is 10.2 Å². The molecule has 1 N–H and O–H groups in total. The first-order valence-corrected chi connectivity index (χ1v) is 8.44. The van der Waals surface area contributed by atoms with Crippen LogP contribution in [0.25, 0.3) is 0 Å². The van der Waals surface area contributed by atoms with Crippen molar-refractivity contribution in [3.05, 3.63) is 15.6 Å². The van der Waals surface area contributed by atoms with E-state index in [1.165, 1.54) is 16.2 Å². The van der Waals surface area contributed by atoms with Crippen LogP contribution in [0.5, 0.6) is 0 Å². The second-order valence-electron chi connectivity index (χ2n) is 7.17. The molecule has 1 aliphatic heterocycles. The van der Waals surface area contributed by atoms with Gasteiger partial charge in [-0.3, -0.25) is 4.79 Å². The van der Waals surface area contributed by atoms with Crippen LogP contribution in [0.4, 0.5) is 0 Å². The topological polar surface area (TPSA) is 70.5 Å². The summed E-state index contributed by atoms with van der Waals surface area (Å²) in [6.45, 7) is 10.5. The van der Waals surface area contributed by atoms with Gasteiger partial charge in [0.2, 0.25) is 0 Å². The molecule has 122 valence electrons. The van der Waals surface area contributed by atoms with Crippen LogP contribution in [0.2, 0.25) is 0 Å². The summed E-state index contributed by atoms with van der Waals surface area (Å²) in [4.78, 5) is 30.9. The number of nitrogens with zero attached hydrogens (tertiary/aromatic N) is 2. The van der Waals surface area contributed by atoms with Gasteiger partial charge in [-0.15, -0.1) is 11.3 Å². The number of hydrogen-bond donors (Lipinski definition) is 1. The number of carboxylic acids is 1. The van der Waals surface area contributed by atoms with Crippen molar-refractivity contribution in [2.75, 3.05) is 6.54 Å². The van der Waals surface area contributed by atoms with Crippen LogP contribution in [-0.4, -0.2) is 39.5 Å². The van der Waals surface area contributed by atoms with Crippen LogP contribution in [0.1, 0.15) is 60.9 Å². The lowest BCUT2D eigenvalue weighted by molar-refractivity contribution is -0.144. The minimum absolute atomic E-state index is 0.115. The lowest BCUT2D eigenvalue weighted by Gasteiger charge is -2.35. The number of thiazole rings is 1. The predicted molar refractivity (Wildman–Crippen MR) is 86.4 cm³/mol. The third-order valence-electron chi connectivity index (χ3n) is 4.04. The maximum absolute atomic E-state index is 12.8. The Balaban J connectivity index is 2.31. The molecule has 1 amide bonds. The van der Waals surface area contributed by atoms with Crippen molar-refractivity contribution in [3.63, 3.8) is 0 Å². The van der Waals surface area contributed by atoms with Gasteiger partial charge in [0.25, 0.3) is 5.91 Å². The predicted octanol–water partition coefficient (Wildman–Crippen LogP) is 3.07. The second-order valence-corrected chi connectivity index (χ2v) is 8.16. The normalized spacial score (nSPS) is 22.7. The van der Waals surface area contributed by atoms with Gasteiger partial charge in [-0.2, -0.15) is 0 Å². The van der Waals surface area contributed by atoms with E-state index in [9.17, 15) is 14.7 Å². The molecule has 1 aromatic rings. The zero-order valence-electron chi connectivity index (χ0n) is 13.8. The number of hydrogen-bond acceptors (Lipinski definition) is 4. The Kier molecular flexibility index (Phi) is 4.61. The largest absolute Gasteiger partial charge is 0.480 e. The Morgan fingerprint density at radius 2 is 2.00 bits per heavy atom. The Hall–Kier alpha value is -1.43. The number of carbonyl (C=O) groups excluding carboxylic acids is 1. The molecular weight excluding hydrogens is 300 g/mol. The number of aliphatic carboxylic acids is 1. The molecule has 2 unspecified atom stereocenters. The van der Waals surface area contributed by atoms with Gasteiger partial charge in [0.1, 0.15) is 10.9 Å². The van der Waals surface area contributed by atoms with E-state index in [1.54, 1.807) is 0 Å². The van der Waals surface area contributed by atoms with E-state index >= 15 is 0 Å². The second kappa shape index (κ2) is 5.99. The molecule has 0 spiro atoms.